The van der Waals surface area contributed by atoms with Gasteiger partial charge in [-0.25, -0.2) is 4.79 Å². The van der Waals surface area contributed by atoms with Gasteiger partial charge in [0, 0.05) is 39.0 Å². The van der Waals surface area contributed by atoms with Gasteiger partial charge in [-0.15, -0.1) is 0 Å². The Hall–Kier alpha value is -2.12. The first-order chi connectivity index (χ1) is 10.5. The van der Waals surface area contributed by atoms with Crippen LogP contribution in [0, 0.1) is 0 Å². The van der Waals surface area contributed by atoms with Gasteiger partial charge in [0.15, 0.2) is 0 Å². The molecule has 2 rings (SSSR count). The van der Waals surface area contributed by atoms with Crippen molar-refractivity contribution >= 4 is 23.3 Å². The summed E-state index contributed by atoms with van der Waals surface area (Å²) in [5, 5.41) is 11.9. The third-order valence-electron chi connectivity index (χ3n) is 3.65. The van der Waals surface area contributed by atoms with E-state index in [9.17, 15) is 14.7 Å². The molecule has 1 aliphatic rings. The number of rotatable bonds is 5. The van der Waals surface area contributed by atoms with E-state index in [0.717, 1.165) is 31.9 Å². The summed E-state index contributed by atoms with van der Waals surface area (Å²) in [5.74, 6) is -1.44. The molecule has 0 radical (unpaired) electrons. The van der Waals surface area contributed by atoms with E-state index < -0.39 is 5.97 Å². The fraction of sp³-hybridized carbons (Fsp3) is 0.467. The van der Waals surface area contributed by atoms with E-state index in [2.05, 4.69) is 22.2 Å². The maximum atomic E-state index is 11.6. The maximum absolute atomic E-state index is 11.6. The average Bonchev–Trinajstić information content (AvgIpc) is 2.48. The van der Waals surface area contributed by atoms with Gasteiger partial charge in [-0.2, -0.15) is 0 Å². The number of hydrogen-bond acceptors (Lipinski definition) is 5. The number of carbonyl (C=O) groups is 2. The number of amides is 1. The van der Waals surface area contributed by atoms with Gasteiger partial charge < -0.3 is 25.0 Å². The summed E-state index contributed by atoms with van der Waals surface area (Å²) in [6, 6.07) is 5.07. The average molecular weight is 307 g/mol. The van der Waals surface area contributed by atoms with Crippen molar-refractivity contribution in [1.82, 2.24) is 4.90 Å². The van der Waals surface area contributed by atoms with Crippen LogP contribution in [0.3, 0.4) is 0 Å². The molecule has 0 unspecified atom stereocenters. The van der Waals surface area contributed by atoms with Crippen molar-refractivity contribution in [1.29, 1.82) is 0 Å². The zero-order chi connectivity index (χ0) is 16.1. The number of likely N-dealkylation sites (N-methyl/N-ethyl adjacent to an activating group) is 1. The van der Waals surface area contributed by atoms with Crippen molar-refractivity contribution < 1.29 is 19.4 Å². The van der Waals surface area contributed by atoms with Gasteiger partial charge >= 0.3 is 5.97 Å². The highest BCUT2D eigenvalue weighted by molar-refractivity contribution is 6.01. The van der Waals surface area contributed by atoms with E-state index in [1.54, 1.807) is 12.1 Å². The Morgan fingerprint density at radius 1 is 1.27 bits per heavy atom. The molecule has 1 fully saturated rings. The van der Waals surface area contributed by atoms with Crippen molar-refractivity contribution in [2.75, 3.05) is 57.2 Å². The van der Waals surface area contributed by atoms with Crippen molar-refractivity contribution in [3.63, 3.8) is 0 Å². The monoisotopic (exact) mass is 307 g/mol. The fourth-order valence-electron chi connectivity index (χ4n) is 2.40. The maximum Gasteiger partial charge on any atom is 0.337 e. The SMILES string of the molecule is COCC(=O)Nc1ccc(N2CCN(C)CC2)cc1C(=O)O. The lowest BCUT2D eigenvalue weighted by molar-refractivity contribution is -0.119. The van der Waals surface area contributed by atoms with E-state index in [-0.39, 0.29) is 23.8 Å². The van der Waals surface area contributed by atoms with Crippen LogP contribution in [-0.2, 0) is 9.53 Å². The summed E-state index contributed by atoms with van der Waals surface area (Å²) in [6.45, 7) is 3.47. The normalized spacial score (nSPS) is 15.6. The predicted octanol–water partition coefficient (Wildman–Crippen LogP) is 0.722. The van der Waals surface area contributed by atoms with Crippen LogP contribution in [-0.4, -0.2) is 68.8 Å². The minimum absolute atomic E-state index is 0.0841. The number of aromatic carboxylic acids is 1. The Balaban J connectivity index is 2.19. The zero-order valence-electron chi connectivity index (χ0n) is 12.8. The number of carboxylic acids is 1. The van der Waals surface area contributed by atoms with Gasteiger partial charge in [0.25, 0.3) is 0 Å². The van der Waals surface area contributed by atoms with Gasteiger partial charge in [0.05, 0.1) is 11.3 Å². The van der Waals surface area contributed by atoms with Gasteiger partial charge in [-0.05, 0) is 25.2 Å². The standard InChI is InChI=1S/C15H21N3O4/c1-17-5-7-18(8-6-17)11-3-4-13(12(9-11)15(20)21)16-14(19)10-22-2/h3-4,9H,5-8,10H2,1-2H3,(H,16,19)(H,20,21). The molecule has 7 heteroatoms. The number of carbonyl (C=O) groups excluding carboxylic acids is 1. The van der Waals surface area contributed by atoms with E-state index in [1.807, 2.05) is 6.07 Å². The van der Waals surface area contributed by atoms with Crippen LogP contribution in [0.5, 0.6) is 0 Å². The molecular formula is C15H21N3O4. The third-order valence-corrected chi connectivity index (χ3v) is 3.65. The topological polar surface area (TPSA) is 82.1 Å². The quantitative estimate of drug-likeness (QED) is 0.834. The largest absolute Gasteiger partial charge is 0.478 e. The molecule has 0 bridgehead atoms. The molecule has 0 saturated carbocycles. The van der Waals surface area contributed by atoms with Gasteiger partial charge in [-0.3, -0.25) is 4.79 Å². The number of hydrogen-bond donors (Lipinski definition) is 2. The number of benzene rings is 1. The second-order valence-corrected chi connectivity index (χ2v) is 5.31. The number of carboxylic acid groups (broad SMARTS) is 1. The summed E-state index contributed by atoms with van der Waals surface area (Å²) < 4.78 is 4.73. The molecule has 1 heterocycles. The number of nitrogens with one attached hydrogen (secondary N) is 1. The number of anilines is 2. The highest BCUT2D eigenvalue weighted by Crippen LogP contribution is 2.24. The van der Waals surface area contributed by atoms with Crippen molar-refractivity contribution in [3.8, 4) is 0 Å². The minimum Gasteiger partial charge on any atom is -0.478 e. The first kappa shape index (κ1) is 16.3. The van der Waals surface area contributed by atoms with Crippen molar-refractivity contribution in [3.05, 3.63) is 23.8 Å². The molecule has 0 spiro atoms. The fourth-order valence-corrected chi connectivity index (χ4v) is 2.40. The minimum atomic E-state index is -1.07. The van der Waals surface area contributed by atoms with Crippen molar-refractivity contribution in [2.45, 2.75) is 0 Å². The first-order valence-electron chi connectivity index (χ1n) is 7.11. The molecule has 0 aliphatic carbocycles. The second-order valence-electron chi connectivity index (χ2n) is 5.31. The molecule has 1 amide bonds. The second kappa shape index (κ2) is 7.24. The Bertz CT molecular complexity index is 554. The Kier molecular flexibility index (Phi) is 5.35. The summed E-state index contributed by atoms with van der Waals surface area (Å²) in [5.41, 5.74) is 1.23. The lowest BCUT2D eigenvalue weighted by Gasteiger charge is -2.34. The van der Waals surface area contributed by atoms with Crippen LogP contribution in [0.2, 0.25) is 0 Å². The summed E-state index contributed by atoms with van der Waals surface area (Å²) in [6.07, 6.45) is 0. The highest BCUT2D eigenvalue weighted by Gasteiger charge is 2.18. The first-order valence-corrected chi connectivity index (χ1v) is 7.11. The predicted molar refractivity (Wildman–Crippen MR) is 83.6 cm³/mol. The smallest absolute Gasteiger partial charge is 0.337 e. The van der Waals surface area contributed by atoms with Crippen LogP contribution in [0.15, 0.2) is 18.2 Å². The van der Waals surface area contributed by atoms with Crippen LogP contribution in [0.25, 0.3) is 0 Å². The molecular weight excluding hydrogens is 286 g/mol. The van der Waals surface area contributed by atoms with E-state index in [4.69, 9.17) is 4.74 Å². The molecule has 0 aromatic heterocycles. The summed E-state index contributed by atoms with van der Waals surface area (Å²) >= 11 is 0. The summed E-state index contributed by atoms with van der Waals surface area (Å²) in [7, 11) is 3.47. The molecule has 2 N–H and O–H groups in total. The van der Waals surface area contributed by atoms with Crippen LogP contribution in [0.4, 0.5) is 11.4 Å². The van der Waals surface area contributed by atoms with Crippen LogP contribution >= 0.6 is 0 Å². The molecule has 22 heavy (non-hydrogen) atoms. The molecule has 1 saturated heterocycles. The van der Waals surface area contributed by atoms with E-state index in [0.29, 0.717) is 0 Å². The molecule has 0 atom stereocenters. The molecule has 7 nitrogen and oxygen atoms in total. The van der Waals surface area contributed by atoms with Gasteiger partial charge in [0.2, 0.25) is 5.91 Å². The van der Waals surface area contributed by atoms with Crippen LogP contribution < -0.4 is 10.2 Å². The number of methoxy groups -OCH3 is 1. The summed E-state index contributed by atoms with van der Waals surface area (Å²) in [4.78, 5) is 27.4. The van der Waals surface area contributed by atoms with Crippen molar-refractivity contribution in [2.24, 2.45) is 0 Å². The third kappa shape index (κ3) is 3.96. The van der Waals surface area contributed by atoms with Crippen LogP contribution in [0.1, 0.15) is 10.4 Å². The highest BCUT2D eigenvalue weighted by atomic mass is 16.5. The molecule has 1 aromatic rings. The number of nitrogens with zero attached hydrogens (tertiary/aromatic N) is 2. The van der Waals surface area contributed by atoms with Gasteiger partial charge in [-0.1, -0.05) is 0 Å². The van der Waals surface area contributed by atoms with E-state index >= 15 is 0 Å². The number of ether oxygens (including phenoxy) is 1. The Morgan fingerprint density at radius 3 is 2.55 bits per heavy atom. The zero-order valence-corrected chi connectivity index (χ0v) is 12.8. The van der Waals surface area contributed by atoms with Gasteiger partial charge in [0.1, 0.15) is 6.61 Å². The lowest BCUT2D eigenvalue weighted by atomic mass is 10.1. The number of piperazine rings is 1. The lowest BCUT2D eigenvalue weighted by Crippen LogP contribution is -2.44. The molecule has 120 valence electrons. The Labute approximate surface area is 129 Å². The van der Waals surface area contributed by atoms with E-state index in [1.165, 1.54) is 7.11 Å². The Morgan fingerprint density at radius 2 is 1.95 bits per heavy atom. The molecule has 1 aliphatic heterocycles. The molecule has 1 aromatic carbocycles.